The number of rotatable bonds is 7. The molecule has 1 heterocycles. The molecule has 3 rings (SSSR count). The van der Waals surface area contributed by atoms with Crippen molar-refractivity contribution in [3.8, 4) is 5.75 Å². The van der Waals surface area contributed by atoms with Crippen molar-refractivity contribution < 1.29 is 19.1 Å². The van der Waals surface area contributed by atoms with Gasteiger partial charge in [0.05, 0.1) is 11.4 Å². The van der Waals surface area contributed by atoms with Crippen molar-refractivity contribution in [1.82, 2.24) is 4.98 Å². The van der Waals surface area contributed by atoms with Gasteiger partial charge in [0.2, 0.25) is 5.91 Å². The average molecular weight is 396 g/mol. The lowest BCUT2D eigenvalue weighted by atomic mass is 10.2. The van der Waals surface area contributed by atoms with Crippen LogP contribution in [0.1, 0.15) is 18.2 Å². The Labute approximate surface area is 167 Å². The fourth-order valence-electron chi connectivity index (χ4n) is 2.51. The minimum Gasteiger partial charge on any atom is -0.482 e. The summed E-state index contributed by atoms with van der Waals surface area (Å²) in [6.45, 7) is 3.28. The first kappa shape index (κ1) is 19.6. The molecule has 0 radical (unpaired) electrons. The summed E-state index contributed by atoms with van der Waals surface area (Å²) in [5, 5.41) is 2.30. The molecule has 6 nitrogen and oxygen atoms in total. The van der Waals surface area contributed by atoms with Gasteiger partial charge in [-0.05, 0) is 36.8 Å². The van der Waals surface area contributed by atoms with Crippen LogP contribution in [0.2, 0.25) is 0 Å². The number of ether oxygens (including phenoxy) is 2. The van der Waals surface area contributed by atoms with Crippen molar-refractivity contribution in [1.29, 1.82) is 0 Å². The minimum atomic E-state index is -0.484. The molecule has 0 aliphatic rings. The van der Waals surface area contributed by atoms with Crippen LogP contribution in [0.25, 0.3) is 0 Å². The first-order valence-electron chi connectivity index (χ1n) is 8.68. The third kappa shape index (κ3) is 5.17. The van der Waals surface area contributed by atoms with Crippen molar-refractivity contribution >= 4 is 34.0 Å². The minimum absolute atomic E-state index is 0.0209. The number of anilines is 2. The standard InChI is InChI=1S/C21H20N2O4S/c1-15-7-6-10-19(11-15)26-13-20(25)27-12-17-14-28-21(22-17)23(16(2)24)18-8-4-3-5-9-18/h3-11,14H,12-13H2,1-2H3. The van der Waals surface area contributed by atoms with Crippen LogP contribution in [0.5, 0.6) is 5.75 Å². The fourth-order valence-corrected chi connectivity index (χ4v) is 3.38. The second kappa shape index (κ2) is 9.14. The number of carbonyl (C=O) groups excluding carboxylic acids is 2. The van der Waals surface area contributed by atoms with Gasteiger partial charge >= 0.3 is 5.97 Å². The quantitative estimate of drug-likeness (QED) is 0.558. The molecule has 0 unspecified atom stereocenters. The van der Waals surface area contributed by atoms with Crippen molar-refractivity contribution in [3.05, 3.63) is 71.2 Å². The number of benzene rings is 2. The first-order valence-corrected chi connectivity index (χ1v) is 9.56. The van der Waals surface area contributed by atoms with E-state index >= 15 is 0 Å². The van der Waals surface area contributed by atoms with E-state index in [9.17, 15) is 9.59 Å². The van der Waals surface area contributed by atoms with Crippen LogP contribution in [0.4, 0.5) is 10.8 Å². The Morgan fingerprint density at radius 2 is 1.89 bits per heavy atom. The van der Waals surface area contributed by atoms with Crippen molar-refractivity contribution in [3.63, 3.8) is 0 Å². The van der Waals surface area contributed by atoms with Gasteiger partial charge in [0.1, 0.15) is 12.4 Å². The molecule has 1 aromatic heterocycles. The molecule has 0 saturated carbocycles. The SMILES string of the molecule is CC(=O)N(c1ccccc1)c1nc(COC(=O)COc2cccc(C)c2)cs1. The van der Waals surface area contributed by atoms with Gasteiger partial charge in [-0.2, -0.15) is 0 Å². The second-order valence-corrected chi connectivity index (χ2v) is 6.91. The number of nitrogens with zero attached hydrogens (tertiary/aromatic N) is 2. The number of para-hydroxylation sites is 1. The van der Waals surface area contributed by atoms with Crippen LogP contribution in [-0.2, 0) is 20.9 Å². The van der Waals surface area contributed by atoms with E-state index in [1.54, 1.807) is 11.4 Å². The van der Waals surface area contributed by atoms with E-state index in [0.717, 1.165) is 11.3 Å². The zero-order valence-electron chi connectivity index (χ0n) is 15.6. The van der Waals surface area contributed by atoms with Crippen molar-refractivity contribution in [2.45, 2.75) is 20.5 Å². The Bertz CT molecular complexity index is 956. The van der Waals surface area contributed by atoms with E-state index in [2.05, 4.69) is 4.98 Å². The zero-order chi connectivity index (χ0) is 19.9. The highest BCUT2D eigenvalue weighted by atomic mass is 32.1. The Balaban J connectivity index is 1.56. The number of carbonyl (C=O) groups is 2. The molecule has 7 heteroatoms. The fraction of sp³-hybridized carbons (Fsp3) is 0.190. The lowest BCUT2D eigenvalue weighted by Crippen LogP contribution is -2.22. The zero-order valence-corrected chi connectivity index (χ0v) is 16.4. The van der Waals surface area contributed by atoms with Crippen molar-refractivity contribution in [2.75, 3.05) is 11.5 Å². The molecular weight excluding hydrogens is 376 g/mol. The largest absolute Gasteiger partial charge is 0.482 e. The topological polar surface area (TPSA) is 68.7 Å². The highest BCUT2D eigenvalue weighted by Crippen LogP contribution is 2.28. The van der Waals surface area contributed by atoms with Gasteiger partial charge in [-0.1, -0.05) is 30.3 Å². The maximum atomic E-state index is 12.1. The Hall–Kier alpha value is -3.19. The highest BCUT2D eigenvalue weighted by Gasteiger charge is 2.18. The molecule has 0 atom stereocenters. The van der Waals surface area contributed by atoms with Crippen LogP contribution in [0.15, 0.2) is 60.0 Å². The van der Waals surface area contributed by atoms with E-state index in [4.69, 9.17) is 9.47 Å². The number of aryl methyl sites for hydroxylation is 1. The molecular formula is C21H20N2O4S. The van der Waals surface area contributed by atoms with Crippen LogP contribution in [0, 0.1) is 6.92 Å². The van der Waals surface area contributed by atoms with E-state index in [1.807, 2.05) is 55.5 Å². The van der Waals surface area contributed by atoms with E-state index in [1.165, 1.54) is 23.2 Å². The third-order valence-electron chi connectivity index (χ3n) is 3.79. The lowest BCUT2D eigenvalue weighted by Gasteiger charge is -2.17. The number of hydrogen-bond acceptors (Lipinski definition) is 6. The van der Waals surface area contributed by atoms with Crippen LogP contribution < -0.4 is 9.64 Å². The van der Waals surface area contributed by atoms with Gasteiger partial charge in [-0.3, -0.25) is 9.69 Å². The number of esters is 1. The maximum absolute atomic E-state index is 12.1. The van der Waals surface area contributed by atoms with Gasteiger partial charge in [0.15, 0.2) is 11.7 Å². The maximum Gasteiger partial charge on any atom is 0.344 e. The molecule has 0 aliphatic heterocycles. The summed E-state index contributed by atoms with van der Waals surface area (Å²) >= 11 is 1.32. The molecule has 1 amide bonds. The predicted molar refractivity (Wildman–Crippen MR) is 108 cm³/mol. The molecule has 0 saturated heterocycles. The van der Waals surface area contributed by atoms with Gasteiger partial charge in [0.25, 0.3) is 0 Å². The molecule has 2 aromatic carbocycles. The Kier molecular flexibility index (Phi) is 6.39. The van der Waals surface area contributed by atoms with Crippen LogP contribution in [-0.4, -0.2) is 23.5 Å². The lowest BCUT2D eigenvalue weighted by molar-refractivity contribution is -0.147. The Morgan fingerprint density at radius 3 is 2.61 bits per heavy atom. The molecule has 144 valence electrons. The van der Waals surface area contributed by atoms with Gasteiger partial charge in [-0.25, -0.2) is 9.78 Å². The van der Waals surface area contributed by atoms with E-state index < -0.39 is 5.97 Å². The molecule has 28 heavy (non-hydrogen) atoms. The molecule has 0 bridgehead atoms. The summed E-state index contributed by atoms with van der Waals surface area (Å²) < 4.78 is 10.6. The highest BCUT2D eigenvalue weighted by molar-refractivity contribution is 7.14. The smallest absolute Gasteiger partial charge is 0.344 e. The number of amides is 1. The predicted octanol–water partition coefficient (Wildman–Crippen LogP) is 4.26. The summed E-state index contributed by atoms with van der Waals surface area (Å²) in [6.07, 6.45) is 0. The van der Waals surface area contributed by atoms with Crippen LogP contribution >= 0.6 is 11.3 Å². The summed E-state index contributed by atoms with van der Waals surface area (Å²) in [5.74, 6) is -0.00829. The summed E-state index contributed by atoms with van der Waals surface area (Å²) in [6, 6.07) is 16.7. The molecule has 0 fully saturated rings. The normalized spacial score (nSPS) is 10.4. The average Bonchev–Trinajstić information content (AvgIpc) is 3.14. The summed E-state index contributed by atoms with van der Waals surface area (Å²) in [4.78, 5) is 29.9. The van der Waals surface area contributed by atoms with Crippen LogP contribution in [0.3, 0.4) is 0 Å². The van der Waals surface area contributed by atoms with Gasteiger partial charge in [-0.15, -0.1) is 11.3 Å². The number of hydrogen-bond donors (Lipinski definition) is 0. The van der Waals surface area contributed by atoms with Gasteiger partial charge < -0.3 is 9.47 Å². The van der Waals surface area contributed by atoms with E-state index in [0.29, 0.717) is 16.6 Å². The van der Waals surface area contributed by atoms with Gasteiger partial charge in [0, 0.05) is 12.3 Å². The number of thiazole rings is 1. The first-order chi connectivity index (χ1) is 13.5. The van der Waals surface area contributed by atoms with E-state index in [-0.39, 0.29) is 19.1 Å². The molecule has 0 aliphatic carbocycles. The molecule has 0 spiro atoms. The Morgan fingerprint density at radius 1 is 1.11 bits per heavy atom. The monoisotopic (exact) mass is 396 g/mol. The van der Waals surface area contributed by atoms with Crippen molar-refractivity contribution in [2.24, 2.45) is 0 Å². The molecule has 0 N–H and O–H groups in total. The number of aromatic nitrogens is 1. The summed E-state index contributed by atoms with van der Waals surface area (Å²) in [5.41, 5.74) is 2.36. The molecule has 3 aromatic rings. The third-order valence-corrected chi connectivity index (χ3v) is 4.66. The second-order valence-electron chi connectivity index (χ2n) is 6.08. The summed E-state index contributed by atoms with van der Waals surface area (Å²) in [7, 11) is 0.